The largest absolute Gasteiger partial charge is 0.374 e. The summed E-state index contributed by atoms with van der Waals surface area (Å²) in [7, 11) is 0.147. The van der Waals surface area contributed by atoms with E-state index in [0.717, 1.165) is 6.42 Å². The minimum Gasteiger partial charge on any atom is -0.374 e. The smallest absolute Gasteiger partial charge is 0.162 e. The van der Waals surface area contributed by atoms with Crippen LogP contribution in [0.5, 0.6) is 0 Å². The van der Waals surface area contributed by atoms with Gasteiger partial charge in [-0.1, -0.05) is 13.8 Å². The second-order valence-corrected chi connectivity index (χ2v) is 5.45. The summed E-state index contributed by atoms with van der Waals surface area (Å²) < 4.78 is 27.8. The summed E-state index contributed by atoms with van der Waals surface area (Å²) >= 11 is 0. The van der Waals surface area contributed by atoms with Crippen LogP contribution >= 0.6 is 16.9 Å². The van der Waals surface area contributed by atoms with Crippen LogP contribution in [0, 0.1) is 5.92 Å². The van der Waals surface area contributed by atoms with Gasteiger partial charge < -0.3 is 4.74 Å². The van der Waals surface area contributed by atoms with Crippen LogP contribution in [0.15, 0.2) is 0 Å². The van der Waals surface area contributed by atoms with E-state index >= 15 is 0 Å². The predicted molar refractivity (Wildman–Crippen MR) is 56.6 cm³/mol. The van der Waals surface area contributed by atoms with Gasteiger partial charge in [0.25, 0.3) is 0 Å². The maximum atomic E-state index is 11.0. The summed E-state index contributed by atoms with van der Waals surface area (Å²) in [6, 6.07) is 0. The van der Waals surface area contributed by atoms with E-state index in [1.807, 2.05) is 20.8 Å². The van der Waals surface area contributed by atoms with Crippen LogP contribution in [-0.2, 0) is 13.9 Å². The molecule has 0 radical (unpaired) electrons. The van der Waals surface area contributed by atoms with E-state index in [4.69, 9.17) is 4.74 Å². The Morgan fingerprint density at radius 2 is 2.00 bits per heavy atom. The Kier molecular flexibility index (Phi) is 4.63. The van der Waals surface area contributed by atoms with E-state index in [-0.39, 0.29) is 46.4 Å². The van der Waals surface area contributed by atoms with Crippen LogP contribution in [0.2, 0.25) is 0 Å². The van der Waals surface area contributed by atoms with Crippen molar-refractivity contribution in [2.45, 2.75) is 50.7 Å². The van der Waals surface area contributed by atoms with Crippen molar-refractivity contribution in [3.05, 3.63) is 0 Å². The van der Waals surface area contributed by atoms with Gasteiger partial charge in [0, 0.05) is 0 Å². The van der Waals surface area contributed by atoms with Crippen molar-refractivity contribution in [1.82, 2.24) is 0 Å². The molecule has 0 aliphatic carbocycles. The molecule has 14 heavy (non-hydrogen) atoms. The van der Waals surface area contributed by atoms with Gasteiger partial charge in [-0.25, -0.2) is 0 Å². The van der Waals surface area contributed by atoms with Gasteiger partial charge in [0.15, 0.2) is 16.9 Å². The van der Waals surface area contributed by atoms with Crippen molar-refractivity contribution >= 4 is 16.9 Å². The zero-order valence-electron chi connectivity index (χ0n) is 8.71. The van der Waals surface area contributed by atoms with E-state index in [9.17, 15) is 9.13 Å². The molecule has 5 atom stereocenters. The molecule has 0 bridgehead atoms. The second-order valence-electron chi connectivity index (χ2n) is 3.84. The van der Waals surface area contributed by atoms with Gasteiger partial charge in [0.1, 0.15) is 0 Å². The van der Waals surface area contributed by atoms with Crippen molar-refractivity contribution in [2.24, 2.45) is 5.92 Å². The molecule has 0 aromatic heterocycles. The molecular weight excluding hydrogens is 223 g/mol. The number of hydrogen-bond donors (Lipinski definition) is 0. The predicted octanol–water partition coefficient (Wildman–Crippen LogP) is 3.14. The Morgan fingerprint density at radius 1 is 1.36 bits per heavy atom. The van der Waals surface area contributed by atoms with Crippen molar-refractivity contribution in [3.63, 3.8) is 0 Å². The van der Waals surface area contributed by atoms with Crippen molar-refractivity contribution < 1.29 is 13.9 Å². The summed E-state index contributed by atoms with van der Waals surface area (Å²) in [5.74, 6) is 0.198. The number of ether oxygens (including phenoxy) is 1. The first-order valence-corrected chi connectivity index (χ1v) is 6.72. The Balaban J connectivity index is 2.85. The van der Waals surface area contributed by atoms with Crippen molar-refractivity contribution in [1.29, 1.82) is 0 Å². The monoisotopic (exact) mass is 239 g/mol. The summed E-state index contributed by atoms with van der Waals surface area (Å²) in [5.41, 5.74) is -0.159. The molecule has 1 fully saturated rings. The fourth-order valence-corrected chi connectivity index (χ4v) is 3.81. The highest BCUT2D eigenvalue weighted by molar-refractivity contribution is 7.30. The highest BCUT2D eigenvalue weighted by Gasteiger charge is 2.42. The average Bonchev–Trinajstić information content (AvgIpc) is 2.20. The lowest BCUT2D eigenvalue weighted by Gasteiger charge is -2.39. The van der Waals surface area contributed by atoms with Gasteiger partial charge in [-0.3, -0.25) is 9.13 Å². The molecular formula is C9H16O3P2. The lowest BCUT2D eigenvalue weighted by atomic mass is 9.92. The SMILES string of the molecule is CCC1O[C@@H](C)C(C)[C@@H](P=[19O])[C@@H]1P=[18O]. The summed E-state index contributed by atoms with van der Waals surface area (Å²) in [5, 5.41) is 0. The van der Waals surface area contributed by atoms with E-state index in [1.54, 1.807) is 0 Å². The van der Waals surface area contributed by atoms with Crippen LogP contribution < -0.4 is 0 Å². The van der Waals surface area contributed by atoms with Crippen LogP contribution in [0.4, 0.5) is 0 Å². The third kappa shape index (κ3) is 2.21. The molecule has 0 aromatic carbocycles. The van der Waals surface area contributed by atoms with E-state index in [2.05, 4.69) is 0 Å². The average molecular weight is 239 g/mol. The van der Waals surface area contributed by atoms with E-state index in [0.29, 0.717) is 0 Å². The van der Waals surface area contributed by atoms with Crippen LogP contribution in [0.1, 0.15) is 27.2 Å². The van der Waals surface area contributed by atoms with Gasteiger partial charge >= 0.3 is 0 Å². The summed E-state index contributed by atoms with van der Waals surface area (Å²) in [6.45, 7) is 6.00. The van der Waals surface area contributed by atoms with Crippen LogP contribution in [-0.4, -0.2) is 23.5 Å². The molecule has 1 heterocycles. The maximum absolute atomic E-state index is 11.0. The Hall–Kier alpha value is 0.160. The minimum absolute atomic E-state index is 0.0215. The summed E-state index contributed by atoms with van der Waals surface area (Å²) in [6.07, 6.45) is 0.902. The molecule has 1 aliphatic heterocycles. The highest BCUT2D eigenvalue weighted by Crippen LogP contribution is 2.39. The molecule has 3 nitrogen and oxygen atoms in total. The molecule has 0 aromatic rings. The first-order valence-electron chi connectivity index (χ1n) is 4.96. The second kappa shape index (κ2) is 5.30. The van der Waals surface area contributed by atoms with Gasteiger partial charge in [-0.05, 0) is 19.3 Å². The van der Waals surface area contributed by atoms with E-state index < -0.39 is 0 Å². The molecule has 1 rings (SSSR count). The standard InChI is InChI=1S/C9H16O3P2/c1-4-7-9(14-11)8(13-10)5(2)6(3)12-7/h5-9H,4H2,1-3H3/t5?,6-,7?,8+,9+/m0/s1/i10+3,11+2. The van der Waals surface area contributed by atoms with Gasteiger partial charge in [0.05, 0.1) is 23.5 Å². The first-order chi connectivity index (χ1) is 6.65. The van der Waals surface area contributed by atoms with Gasteiger partial charge in [0.2, 0.25) is 0 Å². The summed E-state index contributed by atoms with van der Waals surface area (Å²) in [4.78, 5) is 0. The molecule has 80 valence electrons. The zero-order valence-corrected chi connectivity index (χ0v) is 10.5. The third-order valence-corrected chi connectivity index (χ3v) is 5.21. The Bertz CT molecular complexity index is 214. The fraction of sp³-hybridized carbons (Fsp3) is 1.00. The first kappa shape index (κ1) is 12.2. The van der Waals surface area contributed by atoms with Gasteiger partial charge in [-0.2, -0.15) is 0 Å². The quantitative estimate of drug-likeness (QED) is 0.561. The van der Waals surface area contributed by atoms with Crippen LogP contribution in [0.3, 0.4) is 0 Å². The normalized spacial score (nSPS) is 44.4. The molecule has 0 amide bonds. The maximum Gasteiger partial charge on any atom is 0.162 e. The van der Waals surface area contributed by atoms with Crippen molar-refractivity contribution in [3.8, 4) is 0 Å². The number of rotatable bonds is 3. The fourth-order valence-electron chi connectivity index (χ4n) is 1.92. The highest BCUT2D eigenvalue weighted by atomic mass is 31.1. The third-order valence-electron chi connectivity index (χ3n) is 3.05. The Labute approximate surface area is 88.0 Å². The number of hydrogen-bond acceptors (Lipinski definition) is 3. The minimum atomic E-state index is -0.120. The van der Waals surface area contributed by atoms with Crippen LogP contribution in [0.25, 0.3) is 0 Å². The lowest BCUT2D eigenvalue weighted by Crippen LogP contribution is -2.47. The van der Waals surface area contributed by atoms with E-state index in [1.165, 1.54) is 0 Å². The zero-order chi connectivity index (χ0) is 10.7. The van der Waals surface area contributed by atoms with Crippen molar-refractivity contribution in [2.75, 3.05) is 0 Å². The molecule has 1 saturated heterocycles. The van der Waals surface area contributed by atoms with Gasteiger partial charge in [-0.15, -0.1) is 0 Å². The molecule has 0 spiro atoms. The molecule has 0 N–H and O–H groups in total. The topological polar surface area (TPSA) is 43.4 Å². The molecule has 1 aliphatic rings. The molecule has 5 heteroatoms. The Morgan fingerprint density at radius 3 is 2.43 bits per heavy atom. The molecule has 0 saturated carbocycles. The molecule has 2 unspecified atom stereocenters. The lowest BCUT2D eigenvalue weighted by molar-refractivity contribution is -0.0635.